The van der Waals surface area contributed by atoms with Crippen molar-refractivity contribution in [3.8, 4) is 11.5 Å². The van der Waals surface area contributed by atoms with Gasteiger partial charge in [0.25, 0.3) is 0 Å². The number of hydrogen-bond donors (Lipinski definition) is 0. The lowest BCUT2D eigenvalue weighted by Crippen LogP contribution is -2.53. The molecule has 3 aliphatic heterocycles. The number of benzene rings is 1. The molecule has 0 N–H and O–H groups in total. The molecule has 1 unspecified atom stereocenters. The monoisotopic (exact) mass is 522 g/mol. The minimum absolute atomic E-state index is 0.0126. The summed E-state index contributed by atoms with van der Waals surface area (Å²) in [6.45, 7) is 2.37. The fourth-order valence-corrected chi connectivity index (χ4v) is 5.94. The number of allylic oxidation sites excluding steroid dienone is 2. The van der Waals surface area contributed by atoms with Gasteiger partial charge in [-0.25, -0.2) is 5.01 Å². The Morgan fingerprint density at radius 1 is 0.974 bits per heavy atom. The number of nitrogens with zero attached hydrogens (tertiary/aromatic N) is 4. The Morgan fingerprint density at radius 2 is 1.66 bits per heavy atom. The number of likely N-dealkylation sites (tertiary alicyclic amines) is 2. The van der Waals surface area contributed by atoms with E-state index in [2.05, 4.69) is 12.2 Å². The molecule has 3 atom stereocenters. The molecule has 0 saturated carbocycles. The highest BCUT2D eigenvalue weighted by molar-refractivity contribution is 6.07. The van der Waals surface area contributed by atoms with Gasteiger partial charge in [-0.1, -0.05) is 19.1 Å². The minimum atomic E-state index is -0.373. The zero-order valence-electron chi connectivity index (χ0n) is 22.1. The van der Waals surface area contributed by atoms with E-state index in [9.17, 15) is 19.2 Å². The van der Waals surface area contributed by atoms with Gasteiger partial charge in [0.05, 0.1) is 31.9 Å². The Bertz CT molecular complexity index is 1200. The Balaban J connectivity index is 1.33. The predicted octanol–water partition coefficient (Wildman–Crippen LogP) is 2.22. The molecule has 5 rings (SSSR count). The van der Waals surface area contributed by atoms with Crippen molar-refractivity contribution in [3.05, 3.63) is 35.9 Å². The van der Waals surface area contributed by atoms with E-state index in [1.807, 2.05) is 18.2 Å². The quantitative estimate of drug-likeness (QED) is 0.419. The van der Waals surface area contributed by atoms with Crippen molar-refractivity contribution >= 4 is 29.3 Å². The first-order valence-corrected chi connectivity index (χ1v) is 13.2. The molecule has 1 aromatic carbocycles. The molecule has 3 heterocycles. The number of hydrogen-bond acceptors (Lipinski definition) is 7. The van der Waals surface area contributed by atoms with Crippen LogP contribution in [0.25, 0.3) is 0 Å². The summed E-state index contributed by atoms with van der Waals surface area (Å²) in [7, 11) is 3.19. The summed E-state index contributed by atoms with van der Waals surface area (Å²) in [5.74, 6) is -0.132. The van der Waals surface area contributed by atoms with Crippen molar-refractivity contribution in [2.24, 2.45) is 22.9 Å². The standard InChI is InChI=1S/C28H34N4O6/c1-17-14-24(33)31(27(17)35)16-25(34)30-12-10-19(11-13-30)32-28(36)21-7-5-4-6-20(21)26(29-32)18-8-9-22(37-2)23(15-18)38-3/h4-5,8-9,15,17,19-21H,6-7,10-14,16H2,1-3H3/t17?,20-,21+/m0/s1. The van der Waals surface area contributed by atoms with Gasteiger partial charge in [0.2, 0.25) is 23.6 Å². The van der Waals surface area contributed by atoms with Crippen LogP contribution >= 0.6 is 0 Å². The van der Waals surface area contributed by atoms with E-state index in [0.29, 0.717) is 43.9 Å². The van der Waals surface area contributed by atoms with Crippen LogP contribution in [0.3, 0.4) is 0 Å². The second-order valence-corrected chi connectivity index (χ2v) is 10.4. The van der Waals surface area contributed by atoms with Crippen molar-refractivity contribution in [2.75, 3.05) is 33.9 Å². The highest BCUT2D eigenvalue weighted by Crippen LogP contribution is 2.38. The highest BCUT2D eigenvalue weighted by atomic mass is 16.5. The molecule has 0 spiro atoms. The third-order valence-electron chi connectivity index (χ3n) is 8.15. The van der Waals surface area contributed by atoms with Gasteiger partial charge in [-0.15, -0.1) is 0 Å². The number of carbonyl (C=O) groups excluding carboxylic acids is 4. The molecule has 0 bridgehead atoms. The number of fused-ring (bicyclic) bond motifs is 1. The van der Waals surface area contributed by atoms with Gasteiger partial charge >= 0.3 is 0 Å². The summed E-state index contributed by atoms with van der Waals surface area (Å²) in [6.07, 6.45) is 6.90. The highest BCUT2D eigenvalue weighted by Gasteiger charge is 2.43. The minimum Gasteiger partial charge on any atom is -0.493 e. The van der Waals surface area contributed by atoms with E-state index >= 15 is 0 Å². The van der Waals surface area contributed by atoms with E-state index in [4.69, 9.17) is 14.6 Å². The van der Waals surface area contributed by atoms with E-state index in [-0.39, 0.29) is 60.4 Å². The van der Waals surface area contributed by atoms with Crippen LogP contribution < -0.4 is 9.47 Å². The molecule has 0 radical (unpaired) electrons. The summed E-state index contributed by atoms with van der Waals surface area (Å²) in [5, 5.41) is 6.56. The predicted molar refractivity (Wildman–Crippen MR) is 138 cm³/mol. The number of rotatable bonds is 6. The van der Waals surface area contributed by atoms with E-state index in [1.54, 1.807) is 31.1 Å². The number of methoxy groups -OCH3 is 2. The first-order valence-electron chi connectivity index (χ1n) is 13.2. The summed E-state index contributed by atoms with van der Waals surface area (Å²) in [6, 6.07) is 5.58. The molecule has 4 amide bonds. The van der Waals surface area contributed by atoms with Crippen LogP contribution in [-0.4, -0.2) is 84.0 Å². The van der Waals surface area contributed by atoms with Crippen LogP contribution in [0, 0.1) is 17.8 Å². The van der Waals surface area contributed by atoms with Crippen molar-refractivity contribution in [3.63, 3.8) is 0 Å². The normalized spacial score (nSPS) is 26.0. The van der Waals surface area contributed by atoms with Crippen LogP contribution in [0.2, 0.25) is 0 Å². The number of ether oxygens (including phenoxy) is 2. The fourth-order valence-electron chi connectivity index (χ4n) is 5.94. The summed E-state index contributed by atoms with van der Waals surface area (Å²) in [5.41, 5.74) is 1.76. The molecule has 10 heteroatoms. The topological polar surface area (TPSA) is 109 Å². The van der Waals surface area contributed by atoms with Gasteiger partial charge in [-0.2, -0.15) is 5.10 Å². The van der Waals surface area contributed by atoms with Crippen LogP contribution in [0.4, 0.5) is 0 Å². The number of amides is 4. The van der Waals surface area contributed by atoms with Gasteiger partial charge in [0.15, 0.2) is 11.5 Å². The van der Waals surface area contributed by atoms with Gasteiger partial charge in [0, 0.05) is 36.9 Å². The summed E-state index contributed by atoms with van der Waals surface area (Å²) >= 11 is 0. The Morgan fingerprint density at radius 3 is 2.29 bits per heavy atom. The summed E-state index contributed by atoms with van der Waals surface area (Å²) < 4.78 is 10.9. The van der Waals surface area contributed by atoms with Gasteiger partial charge < -0.3 is 14.4 Å². The Hall–Kier alpha value is -3.69. The van der Waals surface area contributed by atoms with Gasteiger partial charge in [0.1, 0.15) is 6.54 Å². The van der Waals surface area contributed by atoms with Gasteiger partial charge in [-0.05, 0) is 43.9 Å². The molecule has 0 aromatic heterocycles. The molecule has 2 fully saturated rings. The lowest BCUT2D eigenvalue weighted by molar-refractivity contribution is -0.148. The number of hydrazone groups is 1. The zero-order valence-corrected chi connectivity index (χ0v) is 22.1. The van der Waals surface area contributed by atoms with Crippen molar-refractivity contribution in [1.29, 1.82) is 0 Å². The van der Waals surface area contributed by atoms with Crippen LogP contribution in [-0.2, 0) is 19.2 Å². The molecule has 10 nitrogen and oxygen atoms in total. The van der Waals surface area contributed by atoms with Crippen LogP contribution in [0.5, 0.6) is 11.5 Å². The second-order valence-electron chi connectivity index (χ2n) is 10.4. The SMILES string of the molecule is COc1ccc(C2=NN(C3CCN(C(=O)CN4C(=O)CC(C)C4=O)CC3)C(=O)[C@@H]3CC=CC[C@H]23)cc1OC. The van der Waals surface area contributed by atoms with Gasteiger partial charge in [-0.3, -0.25) is 24.1 Å². The largest absolute Gasteiger partial charge is 0.493 e. The maximum absolute atomic E-state index is 13.6. The van der Waals surface area contributed by atoms with E-state index < -0.39 is 0 Å². The molecule has 38 heavy (non-hydrogen) atoms. The van der Waals surface area contributed by atoms with Crippen molar-refractivity contribution < 1.29 is 28.7 Å². The van der Waals surface area contributed by atoms with E-state index in [0.717, 1.165) is 22.6 Å². The first kappa shape index (κ1) is 25.9. The second kappa shape index (κ2) is 10.6. The maximum Gasteiger partial charge on any atom is 0.247 e. The lowest BCUT2D eigenvalue weighted by Gasteiger charge is -2.42. The van der Waals surface area contributed by atoms with Crippen LogP contribution in [0.15, 0.2) is 35.5 Å². The molecular weight excluding hydrogens is 488 g/mol. The average Bonchev–Trinajstić information content (AvgIpc) is 3.18. The Labute approximate surface area is 222 Å². The molecular formula is C28H34N4O6. The molecule has 1 aliphatic carbocycles. The maximum atomic E-state index is 13.6. The van der Waals surface area contributed by atoms with E-state index in [1.165, 1.54) is 0 Å². The lowest BCUT2D eigenvalue weighted by atomic mass is 9.76. The van der Waals surface area contributed by atoms with Crippen LogP contribution in [0.1, 0.15) is 44.6 Å². The first-order chi connectivity index (χ1) is 18.3. The smallest absolute Gasteiger partial charge is 0.247 e. The third-order valence-corrected chi connectivity index (χ3v) is 8.15. The summed E-state index contributed by atoms with van der Waals surface area (Å²) in [4.78, 5) is 53.5. The molecule has 2 saturated heterocycles. The number of imide groups is 1. The third kappa shape index (κ3) is 4.68. The Kier molecular flexibility index (Phi) is 7.23. The fraction of sp³-hybridized carbons (Fsp3) is 0.536. The average molecular weight is 523 g/mol. The molecule has 4 aliphatic rings. The molecule has 1 aromatic rings. The van der Waals surface area contributed by atoms with Crippen molar-refractivity contribution in [1.82, 2.24) is 14.8 Å². The number of piperidine rings is 1. The van der Waals surface area contributed by atoms with Crippen molar-refractivity contribution in [2.45, 2.75) is 45.1 Å². The molecule has 202 valence electrons. The zero-order chi connectivity index (χ0) is 27.0. The number of carbonyl (C=O) groups is 4.